The highest BCUT2D eigenvalue weighted by molar-refractivity contribution is 9.39. The maximum atomic E-state index is 14.4. The van der Waals surface area contributed by atoms with Gasteiger partial charge in [0.1, 0.15) is 5.69 Å². The second kappa shape index (κ2) is 11.2. The van der Waals surface area contributed by atoms with Crippen molar-refractivity contribution in [2.45, 2.75) is 25.1 Å². The molecule has 162 valence electrons. The summed E-state index contributed by atoms with van der Waals surface area (Å²) >= 11 is 10.9. The van der Waals surface area contributed by atoms with E-state index >= 15 is 0 Å². The van der Waals surface area contributed by atoms with E-state index in [0.717, 1.165) is 0 Å². The predicted molar refractivity (Wildman–Crippen MR) is 118 cm³/mol. The highest BCUT2D eigenvalue weighted by atomic mass is 80.0. The van der Waals surface area contributed by atoms with Crippen LogP contribution >= 0.6 is 75.5 Å². The van der Waals surface area contributed by atoms with Gasteiger partial charge < -0.3 is 4.74 Å². The van der Waals surface area contributed by atoms with Gasteiger partial charge in [-0.05, 0) is 24.6 Å². The fourth-order valence-electron chi connectivity index (χ4n) is 1.74. The molecule has 0 heterocycles. The molecule has 0 saturated carbocycles. The molecule has 29 heavy (non-hydrogen) atoms. The molecule has 9 nitrogen and oxygen atoms in total. The van der Waals surface area contributed by atoms with Gasteiger partial charge in [-0.25, -0.2) is 4.79 Å². The zero-order chi connectivity index (χ0) is 22.4. The molecule has 0 radical (unpaired) electrons. The number of nitro benzene ring substituents is 2. The zero-order valence-electron chi connectivity index (χ0n) is 14.0. The van der Waals surface area contributed by atoms with Crippen molar-refractivity contribution in [3.05, 3.63) is 32.4 Å². The highest BCUT2D eigenvalue weighted by Gasteiger charge is 2.51. The van der Waals surface area contributed by atoms with Crippen LogP contribution in [-0.4, -0.2) is 35.3 Å². The summed E-state index contributed by atoms with van der Waals surface area (Å²) in [6.07, 6.45) is 0.0757. The molecule has 1 aromatic carbocycles. The van der Waals surface area contributed by atoms with E-state index in [4.69, 9.17) is 4.74 Å². The second-order valence-electron chi connectivity index (χ2n) is 5.13. The third-order valence-corrected chi connectivity index (χ3v) is 6.98. The molecular weight excluding hydrogens is 684 g/mol. The minimum absolute atomic E-state index is 0.00976. The van der Waals surface area contributed by atoms with E-state index in [0.29, 0.717) is 30.3 Å². The van der Waals surface area contributed by atoms with Crippen LogP contribution < -0.4 is 5.32 Å². The summed E-state index contributed by atoms with van der Waals surface area (Å²) in [6, 6.07) is 1.26. The number of halogens is 6. The normalized spacial score (nSPS) is 11.8. The van der Waals surface area contributed by atoms with Crippen molar-refractivity contribution in [1.29, 1.82) is 0 Å². The second-order valence-corrected chi connectivity index (χ2v) is 13.8. The molecule has 0 aliphatic carbocycles. The fraction of sp³-hybridized carbons (Fsp3) is 0.462. The van der Waals surface area contributed by atoms with Gasteiger partial charge >= 0.3 is 17.0 Å². The van der Waals surface area contributed by atoms with Crippen LogP contribution in [0.4, 0.5) is 30.6 Å². The van der Waals surface area contributed by atoms with Crippen LogP contribution in [-0.2, 0) is 4.74 Å². The number of carbonyl (C=O) groups excluding carboxylic acids is 1. The average Bonchev–Trinajstić information content (AvgIpc) is 2.58. The Morgan fingerprint density at radius 2 is 1.79 bits per heavy atom. The Bertz CT molecular complexity index is 797. The monoisotopic (exact) mass is 691 g/mol. The zero-order valence-corrected chi connectivity index (χ0v) is 21.2. The van der Waals surface area contributed by atoms with Crippen molar-refractivity contribution in [1.82, 2.24) is 0 Å². The van der Waals surface area contributed by atoms with Crippen LogP contribution in [0.25, 0.3) is 0 Å². The number of unbranched alkanes of at least 4 members (excludes halogenated alkanes) is 1. The van der Waals surface area contributed by atoms with Gasteiger partial charge in [-0.1, -0.05) is 63.7 Å². The van der Waals surface area contributed by atoms with E-state index < -0.39 is 45.3 Å². The van der Waals surface area contributed by atoms with Crippen LogP contribution in [0.1, 0.15) is 12.8 Å². The quantitative estimate of drug-likeness (QED) is 0.0997. The number of nitro groups is 2. The number of thioether (sulfide) groups is 1. The van der Waals surface area contributed by atoms with Crippen molar-refractivity contribution < 1.29 is 28.2 Å². The number of amides is 1. The molecule has 0 aliphatic heterocycles. The molecule has 1 aromatic rings. The van der Waals surface area contributed by atoms with Crippen molar-refractivity contribution in [3.63, 3.8) is 0 Å². The summed E-state index contributed by atoms with van der Waals surface area (Å²) in [7, 11) is 0. The molecule has 0 aromatic heterocycles. The number of hydrogen-bond donors (Lipinski definition) is 1. The van der Waals surface area contributed by atoms with Crippen LogP contribution in [0.3, 0.4) is 0 Å². The van der Waals surface area contributed by atoms with E-state index in [-0.39, 0.29) is 18.4 Å². The minimum Gasteiger partial charge on any atom is -0.449 e. The number of ether oxygens (including phenoxy) is 1. The predicted octanol–water partition coefficient (Wildman–Crippen LogP) is 6.75. The third-order valence-electron chi connectivity index (χ3n) is 3.03. The number of benzene rings is 1. The average molecular weight is 695 g/mol. The van der Waals surface area contributed by atoms with Crippen molar-refractivity contribution in [2.24, 2.45) is 0 Å². The summed E-state index contributed by atoms with van der Waals surface area (Å²) in [4.78, 5) is 31.8. The van der Waals surface area contributed by atoms with Crippen LogP contribution in [0.15, 0.2) is 17.0 Å². The van der Waals surface area contributed by atoms with Gasteiger partial charge in [-0.15, -0.1) is 0 Å². The first kappa shape index (κ1) is 26.5. The standard InChI is InChI=1S/C13H11Br4F2N3O6S/c14-3-1-2-4-28-11(23)20-10-8(22(26)27)5-7(21(24)25)6-9(10)29-13(18,19)12(15,16)17/h5-6H,1-4H2,(H,20,23). The number of anilines is 1. The van der Waals surface area contributed by atoms with E-state index in [1.54, 1.807) is 0 Å². The van der Waals surface area contributed by atoms with Gasteiger partial charge in [0, 0.05) is 11.4 Å². The van der Waals surface area contributed by atoms with Gasteiger partial charge in [0.25, 0.3) is 5.69 Å². The van der Waals surface area contributed by atoms with E-state index in [1.807, 2.05) is 5.32 Å². The molecule has 0 atom stereocenters. The lowest BCUT2D eigenvalue weighted by atomic mass is 10.2. The van der Waals surface area contributed by atoms with Gasteiger partial charge in [0.15, 0.2) is 0 Å². The first-order chi connectivity index (χ1) is 13.3. The molecule has 1 rings (SSSR count). The van der Waals surface area contributed by atoms with Crippen molar-refractivity contribution >= 4 is 98.6 Å². The number of alkyl halides is 6. The van der Waals surface area contributed by atoms with Crippen molar-refractivity contribution in [3.8, 4) is 0 Å². The first-order valence-electron chi connectivity index (χ1n) is 7.40. The summed E-state index contributed by atoms with van der Waals surface area (Å²) in [5, 5.41) is 21.4. The fourth-order valence-corrected chi connectivity index (χ4v) is 3.69. The highest BCUT2D eigenvalue weighted by Crippen LogP contribution is 2.57. The lowest BCUT2D eigenvalue weighted by molar-refractivity contribution is -0.393. The molecule has 16 heteroatoms. The molecular formula is C13H11Br4F2N3O6S. The van der Waals surface area contributed by atoms with Crippen LogP contribution in [0, 0.1) is 20.2 Å². The van der Waals surface area contributed by atoms with Gasteiger partial charge in [0.2, 0.25) is 2.14 Å². The largest absolute Gasteiger partial charge is 0.449 e. The molecule has 0 fully saturated rings. The van der Waals surface area contributed by atoms with Gasteiger partial charge in [-0.2, -0.15) is 8.78 Å². The summed E-state index contributed by atoms with van der Waals surface area (Å²) in [5.41, 5.74) is -2.37. The molecule has 1 N–H and O–H groups in total. The Morgan fingerprint density at radius 1 is 1.17 bits per heavy atom. The van der Waals surface area contributed by atoms with Crippen LogP contribution in [0.5, 0.6) is 0 Å². The Morgan fingerprint density at radius 3 is 2.28 bits per heavy atom. The molecule has 0 unspecified atom stereocenters. The van der Waals surface area contributed by atoms with Crippen molar-refractivity contribution in [2.75, 3.05) is 17.3 Å². The molecule has 0 spiro atoms. The molecule has 0 aliphatic rings. The summed E-state index contributed by atoms with van der Waals surface area (Å²) in [6.45, 7) is -0.00976. The lowest BCUT2D eigenvalue weighted by Gasteiger charge is -2.25. The summed E-state index contributed by atoms with van der Waals surface area (Å²) < 4.78 is 31.6. The minimum atomic E-state index is -3.70. The molecule has 1 amide bonds. The Hall–Kier alpha value is -0.580. The van der Waals surface area contributed by atoms with E-state index in [1.165, 1.54) is 0 Å². The van der Waals surface area contributed by atoms with E-state index in [9.17, 15) is 33.8 Å². The number of hydrogen-bond acceptors (Lipinski definition) is 7. The number of rotatable bonds is 9. The number of carbonyl (C=O) groups is 1. The molecule has 0 bridgehead atoms. The Kier molecular flexibility index (Phi) is 10.2. The van der Waals surface area contributed by atoms with Gasteiger partial charge in [0.05, 0.1) is 27.4 Å². The van der Waals surface area contributed by atoms with E-state index in [2.05, 4.69) is 63.7 Å². The topological polar surface area (TPSA) is 125 Å². The Balaban J connectivity index is 3.37. The summed E-state index contributed by atoms with van der Waals surface area (Å²) in [5.74, 6) is 0. The number of nitrogens with one attached hydrogen (secondary N) is 1. The Labute approximate surface area is 200 Å². The van der Waals surface area contributed by atoms with Crippen LogP contribution in [0.2, 0.25) is 0 Å². The van der Waals surface area contributed by atoms with Gasteiger partial charge in [-0.3, -0.25) is 25.5 Å². The maximum absolute atomic E-state index is 14.4. The third kappa shape index (κ3) is 7.88. The maximum Gasteiger partial charge on any atom is 0.411 e. The number of nitrogens with zero attached hydrogens (tertiary/aromatic N) is 2. The first-order valence-corrected chi connectivity index (χ1v) is 11.7. The molecule has 0 saturated heterocycles. The lowest BCUT2D eigenvalue weighted by Crippen LogP contribution is -2.28. The number of non-ortho nitro benzene ring substituents is 1. The SMILES string of the molecule is O=C(Nc1c(SC(F)(F)C(Br)(Br)Br)cc([N+](=O)[O-])cc1[N+](=O)[O-])OCCCCBr. The smallest absolute Gasteiger partial charge is 0.411 e.